The number of hydrogen-bond acceptors (Lipinski definition) is 5. The van der Waals surface area contributed by atoms with E-state index >= 15 is 0 Å². The molecule has 1 atom stereocenters. The molecule has 33 heavy (non-hydrogen) atoms. The molecule has 0 unspecified atom stereocenters. The molecule has 0 spiro atoms. The lowest BCUT2D eigenvalue weighted by Gasteiger charge is -2.27. The van der Waals surface area contributed by atoms with Gasteiger partial charge in [-0.15, -0.1) is 0 Å². The minimum Gasteiger partial charge on any atom is -0.445 e. The first-order chi connectivity index (χ1) is 15.9. The molecule has 172 valence electrons. The van der Waals surface area contributed by atoms with Crippen LogP contribution in [-0.2, 0) is 20.9 Å². The van der Waals surface area contributed by atoms with Crippen LogP contribution in [0.5, 0.6) is 0 Å². The minimum absolute atomic E-state index is 0.0159. The number of benzodiazepines with no additional fused rings is 1. The molecule has 1 aliphatic carbocycles. The first-order valence-electron chi connectivity index (χ1n) is 11.4. The molecule has 1 fully saturated rings. The average molecular weight is 448 g/mol. The number of amides is 2. The molecule has 1 aliphatic heterocycles. The number of nitrogens with one attached hydrogen (secondary N) is 1. The number of rotatable bonds is 6. The molecule has 7 nitrogen and oxygen atoms in total. The van der Waals surface area contributed by atoms with E-state index in [0.29, 0.717) is 11.4 Å². The summed E-state index contributed by atoms with van der Waals surface area (Å²) in [7, 11) is 0. The zero-order chi connectivity index (χ0) is 23.4. The lowest BCUT2D eigenvalue weighted by molar-refractivity contribution is -0.125. The zero-order valence-corrected chi connectivity index (χ0v) is 19.0. The fourth-order valence-electron chi connectivity index (χ4n) is 4.55. The SMILES string of the molecule is CC1=N[C@H](NC(=O)OCc2ccccc2)C(=O)N(CC(=O)C2CCCC2)c2c(C)cccc21. The molecule has 0 saturated heterocycles. The third kappa shape index (κ3) is 5.13. The Morgan fingerprint density at radius 3 is 2.52 bits per heavy atom. The van der Waals surface area contributed by atoms with Crippen LogP contribution in [0.4, 0.5) is 10.5 Å². The van der Waals surface area contributed by atoms with Crippen molar-refractivity contribution in [2.75, 3.05) is 11.4 Å². The Kier molecular flexibility index (Phi) is 6.87. The normalized spacial score (nSPS) is 18.4. The van der Waals surface area contributed by atoms with Crippen LogP contribution in [0.1, 0.15) is 49.3 Å². The van der Waals surface area contributed by atoms with Gasteiger partial charge in [0.2, 0.25) is 6.17 Å². The minimum atomic E-state index is -1.17. The van der Waals surface area contributed by atoms with Gasteiger partial charge < -0.3 is 9.64 Å². The number of anilines is 1. The number of para-hydroxylation sites is 1. The fraction of sp³-hybridized carbons (Fsp3) is 0.385. The molecular formula is C26H29N3O4. The summed E-state index contributed by atoms with van der Waals surface area (Å²) in [5.74, 6) is -0.400. The van der Waals surface area contributed by atoms with Crippen molar-refractivity contribution in [1.29, 1.82) is 0 Å². The van der Waals surface area contributed by atoms with Gasteiger partial charge in [-0.2, -0.15) is 0 Å². The molecule has 0 radical (unpaired) electrons. The Labute approximate surface area is 193 Å². The smallest absolute Gasteiger partial charge is 0.409 e. The van der Waals surface area contributed by atoms with E-state index in [1.165, 1.54) is 4.90 Å². The number of fused-ring (bicyclic) bond motifs is 1. The number of aryl methyl sites for hydroxylation is 1. The molecule has 2 aliphatic rings. The monoisotopic (exact) mass is 447 g/mol. The molecule has 0 bridgehead atoms. The summed E-state index contributed by atoms with van der Waals surface area (Å²) >= 11 is 0. The summed E-state index contributed by atoms with van der Waals surface area (Å²) in [6.45, 7) is 3.77. The Morgan fingerprint density at radius 2 is 1.79 bits per heavy atom. The van der Waals surface area contributed by atoms with Gasteiger partial charge in [0, 0.05) is 17.2 Å². The van der Waals surface area contributed by atoms with Crippen molar-refractivity contribution in [3.05, 3.63) is 65.2 Å². The summed E-state index contributed by atoms with van der Waals surface area (Å²) in [6.07, 6.45) is 1.91. The highest BCUT2D eigenvalue weighted by Gasteiger charge is 2.35. The molecule has 1 heterocycles. The van der Waals surface area contributed by atoms with Gasteiger partial charge in [0.1, 0.15) is 6.61 Å². The second kappa shape index (κ2) is 9.98. The Hall–Kier alpha value is -3.48. The van der Waals surface area contributed by atoms with Gasteiger partial charge >= 0.3 is 6.09 Å². The van der Waals surface area contributed by atoms with Crippen LogP contribution < -0.4 is 10.2 Å². The van der Waals surface area contributed by atoms with Crippen molar-refractivity contribution >= 4 is 29.2 Å². The predicted octanol–water partition coefficient (Wildman–Crippen LogP) is 4.16. The maximum Gasteiger partial charge on any atom is 0.409 e. The topological polar surface area (TPSA) is 88.1 Å². The third-order valence-electron chi connectivity index (χ3n) is 6.31. The van der Waals surface area contributed by atoms with Gasteiger partial charge in [-0.1, -0.05) is 61.4 Å². The summed E-state index contributed by atoms with van der Waals surface area (Å²) in [6, 6.07) is 15.0. The number of Topliss-reactive ketones (excluding diaryl/α,β-unsaturated/α-hetero) is 1. The van der Waals surface area contributed by atoms with E-state index in [1.807, 2.05) is 55.5 Å². The lowest BCUT2D eigenvalue weighted by Crippen LogP contribution is -2.49. The van der Waals surface area contributed by atoms with E-state index in [-0.39, 0.29) is 24.9 Å². The van der Waals surface area contributed by atoms with E-state index in [1.54, 1.807) is 6.92 Å². The summed E-state index contributed by atoms with van der Waals surface area (Å²) in [4.78, 5) is 45.1. The first kappa shape index (κ1) is 22.7. The van der Waals surface area contributed by atoms with E-state index in [2.05, 4.69) is 10.3 Å². The number of ether oxygens (including phenoxy) is 1. The summed E-state index contributed by atoms with van der Waals surface area (Å²) in [5.41, 5.74) is 3.79. The first-order valence-corrected chi connectivity index (χ1v) is 11.4. The van der Waals surface area contributed by atoms with Gasteiger partial charge in [-0.05, 0) is 37.8 Å². The number of nitrogens with zero attached hydrogens (tertiary/aromatic N) is 2. The van der Waals surface area contributed by atoms with E-state index in [0.717, 1.165) is 42.4 Å². The summed E-state index contributed by atoms with van der Waals surface area (Å²) in [5, 5.41) is 2.59. The number of alkyl carbamates (subject to hydrolysis) is 1. The number of hydrogen-bond donors (Lipinski definition) is 1. The van der Waals surface area contributed by atoms with Crippen LogP contribution in [-0.4, -0.2) is 36.2 Å². The van der Waals surface area contributed by atoms with Crippen molar-refractivity contribution in [1.82, 2.24) is 5.32 Å². The maximum atomic E-state index is 13.6. The second-order valence-electron chi connectivity index (χ2n) is 8.67. The Balaban J connectivity index is 1.56. The maximum absolute atomic E-state index is 13.6. The molecule has 1 N–H and O–H groups in total. The molecule has 4 rings (SSSR count). The molecule has 0 aromatic heterocycles. The average Bonchev–Trinajstić information content (AvgIpc) is 3.33. The van der Waals surface area contributed by atoms with Crippen LogP contribution in [0.3, 0.4) is 0 Å². The van der Waals surface area contributed by atoms with Crippen LogP contribution in [0, 0.1) is 12.8 Å². The van der Waals surface area contributed by atoms with Gasteiger partial charge in [-0.25, -0.2) is 4.79 Å². The standard InChI is InChI=1S/C26H29N3O4/c1-17-9-8-14-21-18(2)27-24(28-26(32)33-16-19-10-4-3-5-11-19)25(31)29(23(17)21)15-22(30)20-12-6-7-13-20/h3-5,8-11,14,20,24H,6-7,12-13,15-16H2,1-2H3,(H,28,32)/t24-/m1/s1. The van der Waals surface area contributed by atoms with Crippen molar-refractivity contribution in [2.24, 2.45) is 10.9 Å². The molecule has 2 aromatic rings. The van der Waals surface area contributed by atoms with Crippen molar-refractivity contribution in [2.45, 2.75) is 52.3 Å². The molecule has 1 saturated carbocycles. The van der Waals surface area contributed by atoms with Gasteiger partial charge in [0.15, 0.2) is 5.78 Å². The van der Waals surface area contributed by atoms with Crippen LogP contribution >= 0.6 is 0 Å². The number of carbonyl (C=O) groups excluding carboxylic acids is 3. The molecule has 2 aromatic carbocycles. The van der Waals surface area contributed by atoms with Crippen LogP contribution in [0.25, 0.3) is 0 Å². The van der Waals surface area contributed by atoms with Gasteiger partial charge in [0.05, 0.1) is 12.2 Å². The van der Waals surface area contributed by atoms with Gasteiger partial charge in [-0.3, -0.25) is 19.9 Å². The lowest BCUT2D eigenvalue weighted by atomic mass is 10.00. The van der Waals surface area contributed by atoms with Crippen LogP contribution in [0.15, 0.2) is 53.5 Å². The number of aliphatic imine (C=N–C) groups is 1. The molecule has 7 heteroatoms. The van der Waals surface area contributed by atoms with Crippen molar-refractivity contribution in [3.63, 3.8) is 0 Å². The van der Waals surface area contributed by atoms with Crippen molar-refractivity contribution < 1.29 is 19.1 Å². The number of benzene rings is 2. The quantitative estimate of drug-likeness (QED) is 0.720. The predicted molar refractivity (Wildman–Crippen MR) is 126 cm³/mol. The van der Waals surface area contributed by atoms with E-state index in [4.69, 9.17) is 4.74 Å². The molecule has 2 amide bonds. The second-order valence-corrected chi connectivity index (χ2v) is 8.67. The van der Waals surface area contributed by atoms with Gasteiger partial charge in [0.25, 0.3) is 5.91 Å². The summed E-state index contributed by atoms with van der Waals surface area (Å²) < 4.78 is 5.30. The highest BCUT2D eigenvalue weighted by Crippen LogP contribution is 2.31. The van der Waals surface area contributed by atoms with Crippen LogP contribution in [0.2, 0.25) is 0 Å². The zero-order valence-electron chi connectivity index (χ0n) is 19.0. The van der Waals surface area contributed by atoms with E-state index < -0.39 is 18.2 Å². The molecular weight excluding hydrogens is 418 g/mol. The highest BCUT2D eigenvalue weighted by atomic mass is 16.5. The number of carbonyl (C=O) groups is 3. The van der Waals surface area contributed by atoms with E-state index in [9.17, 15) is 14.4 Å². The highest BCUT2D eigenvalue weighted by molar-refractivity contribution is 6.14. The third-order valence-corrected chi connectivity index (χ3v) is 6.31. The fourth-order valence-corrected chi connectivity index (χ4v) is 4.55. The van der Waals surface area contributed by atoms with Crippen molar-refractivity contribution in [3.8, 4) is 0 Å². The largest absolute Gasteiger partial charge is 0.445 e. The Bertz CT molecular complexity index is 1070. The Morgan fingerprint density at radius 1 is 1.06 bits per heavy atom. The number of ketones is 1.